The Balaban J connectivity index is 1.86. The first-order valence-corrected chi connectivity index (χ1v) is 15.2. The number of alkyl halides is 2. The predicted octanol–water partition coefficient (Wildman–Crippen LogP) is 4.13. The molecule has 2 aromatic heterocycles. The minimum atomic E-state index is -4.03. The van der Waals surface area contributed by atoms with Gasteiger partial charge in [0, 0.05) is 36.3 Å². The molecule has 0 spiro atoms. The molecular weight excluding hydrogens is 554 g/mol. The van der Waals surface area contributed by atoms with Gasteiger partial charge in [0.1, 0.15) is 11.5 Å². The van der Waals surface area contributed by atoms with Crippen LogP contribution in [0.4, 0.5) is 20.4 Å². The molecule has 0 bridgehead atoms. The summed E-state index contributed by atoms with van der Waals surface area (Å²) in [5.74, 6) is -3.23. The lowest BCUT2D eigenvalue weighted by Gasteiger charge is -2.33. The molecule has 0 atom stereocenters. The van der Waals surface area contributed by atoms with Gasteiger partial charge < -0.3 is 10.2 Å². The third-order valence-electron chi connectivity index (χ3n) is 7.00. The SMILES string of the molecule is C=N/C(=N\c1c(C)nc(-c2ccc(NS(=O)(=O)CCC(C)(F)F)nc2)c(=O)n1C(C)C)N[C@H]1CC[C@H](N(C)C)CC1. The Kier molecular flexibility index (Phi) is 10.3. The molecule has 1 saturated carbocycles. The molecule has 1 aliphatic rings. The lowest BCUT2D eigenvalue weighted by atomic mass is 9.90. The molecule has 226 valence electrons. The second kappa shape index (κ2) is 13.1. The van der Waals surface area contributed by atoms with Crippen molar-refractivity contribution in [3.05, 3.63) is 34.4 Å². The average molecular weight is 595 g/mol. The molecule has 0 saturated heterocycles. The van der Waals surface area contributed by atoms with E-state index in [1.54, 1.807) is 6.92 Å². The second-order valence-electron chi connectivity index (χ2n) is 11.0. The minimum Gasteiger partial charge on any atom is -0.351 e. The zero-order valence-electron chi connectivity index (χ0n) is 24.5. The van der Waals surface area contributed by atoms with Crippen LogP contribution in [0.15, 0.2) is 33.1 Å². The van der Waals surface area contributed by atoms with E-state index >= 15 is 0 Å². The van der Waals surface area contributed by atoms with Gasteiger partial charge in [-0.2, -0.15) is 4.99 Å². The van der Waals surface area contributed by atoms with Crippen LogP contribution in [0.3, 0.4) is 0 Å². The summed E-state index contributed by atoms with van der Waals surface area (Å²) < 4.78 is 54.2. The van der Waals surface area contributed by atoms with E-state index in [9.17, 15) is 22.0 Å². The number of hydrogen-bond donors (Lipinski definition) is 2. The van der Waals surface area contributed by atoms with Crippen LogP contribution in [0.2, 0.25) is 0 Å². The summed E-state index contributed by atoms with van der Waals surface area (Å²) >= 11 is 0. The van der Waals surface area contributed by atoms with Gasteiger partial charge in [0.25, 0.3) is 5.56 Å². The lowest BCUT2D eigenvalue weighted by molar-refractivity contribution is 0.0189. The Hall–Kier alpha value is -3.26. The Morgan fingerprint density at radius 3 is 2.41 bits per heavy atom. The van der Waals surface area contributed by atoms with Crippen molar-refractivity contribution in [2.24, 2.45) is 9.98 Å². The van der Waals surface area contributed by atoms with Gasteiger partial charge in [-0.25, -0.2) is 32.2 Å². The largest absolute Gasteiger partial charge is 0.351 e. The van der Waals surface area contributed by atoms with E-state index in [2.05, 4.69) is 55.7 Å². The predicted molar refractivity (Wildman–Crippen MR) is 159 cm³/mol. The highest BCUT2D eigenvalue weighted by molar-refractivity contribution is 7.92. The number of aromatic nitrogens is 3. The molecular formula is C27H40F2N8O3S. The molecule has 0 aliphatic heterocycles. The zero-order chi connectivity index (χ0) is 30.5. The summed E-state index contributed by atoms with van der Waals surface area (Å²) in [4.78, 5) is 33.1. The van der Waals surface area contributed by atoms with Crippen LogP contribution >= 0.6 is 0 Å². The highest BCUT2D eigenvalue weighted by atomic mass is 32.2. The number of anilines is 1. The summed E-state index contributed by atoms with van der Waals surface area (Å²) in [6.07, 6.45) is 4.55. The van der Waals surface area contributed by atoms with Crippen LogP contribution in [-0.4, -0.2) is 78.4 Å². The fourth-order valence-electron chi connectivity index (χ4n) is 4.70. The van der Waals surface area contributed by atoms with Gasteiger partial charge in [-0.15, -0.1) is 0 Å². The van der Waals surface area contributed by atoms with E-state index in [0.29, 0.717) is 36.0 Å². The fraction of sp³-hybridized carbons (Fsp3) is 0.593. The number of halogens is 2. The molecule has 11 nitrogen and oxygen atoms in total. The van der Waals surface area contributed by atoms with Crippen molar-refractivity contribution >= 4 is 34.3 Å². The highest BCUT2D eigenvalue weighted by Crippen LogP contribution is 2.25. The summed E-state index contributed by atoms with van der Waals surface area (Å²) in [5, 5.41) is 3.37. The van der Waals surface area contributed by atoms with Crippen LogP contribution in [0.5, 0.6) is 0 Å². The number of sulfonamides is 1. The van der Waals surface area contributed by atoms with Crippen molar-refractivity contribution < 1.29 is 17.2 Å². The number of guanidine groups is 1. The molecule has 2 aromatic rings. The Labute approximate surface area is 240 Å². The molecule has 41 heavy (non-hydrogen) atoms. The van der Waals surface area contributed by atoms with Crippen LogP contribution < -0.4 is 15.6 Å². The van der Waals surface area contributed by atoms with Crippen molar-refractivity contribution in [1.29, 1.82) is 0 Å². The summed E-state index contributed by atoms with van der Waals surface area (Å²) in [7, 11) is 0.155. The summed E-state index contributed by atoms with van der Waals surface area (Å²) in [6.45, 7) is 9.78. The number of aryl methyl sites for hydroxylation is 1. The van der Waals surface area contributed by atoms with E-state index in [4.69, 9.17) is 0 Å². The number of aliphatic imine (C=N–C) groups is 2. The quantitative estimate of drug-likeness (QED) is 0.312. The molecule has 14 heteroatoms. The Bertz CT molecular complexity index is 1410. The topological polar surface area (TPSA) is 134 Å². The van der Waals surface area contributed by atoms with Gasteiger partial charge in [0.05, 0.1) is 11.4 Å². The third-order valence-corrected chi connectivity index (χ3v) is 8.26. The molecule has 0 aromatic carbocycles. The first kappa shape index (κ1) is 32.3. The highest BCUT2D eigenvalue weighted by Gasteiger charge is 2.26. The normalized spacial score (nSPS) is 18.5. The molecule has 1 fully saturated rings. The second-order valence-corrected chi connectivity index (χ2v) is 12.9. The monoisotopic (exact) mass is 594 g/mol. The van der Waals surface area contributed by atoms with E-state index in [0.717, 1.165) is 25.7 Å². The Morgan fingerprint density at radius 1 is 1.24 bits per heavy atom. The van der Waals surface area contributed by atoms with Crippen molar-refractivity contribution in [2.45, 2.75) is 83.8 Å². The first-order valence-electron chi connectivity index (χ1n) is 13.6. The molecule has 3 rings (SSSR count). The fourth-order valence-corrected chi connectivity index (χ4v) is 5.87. The molecule has 2 heterocycles. The van der Waals surface area contributed by atoms with E-state index in [-0.39, 0.29) is 23.6 Å². The zero-order valence-corrected chi connectivity index (χ0v) is 25.3. The number of nitrogens with zero attached hydrogens (tertiary/aromatic N) is 6. The van der Waals surface area contributed by atoms with Crippen molar-refractivity contribution in [3.8, 4) is 11.3 Å². The van der Waals surface area contributed by atoms with Gasteiger partial charge in [-0.05, 0) is 86.3 Å². The van der Waals surface area contributed by atoms with E-state index < -0.39 is 33.7 Å². The van der Waals surface area contributed by atoms with Crippen LogP contribution in [0, 0.1) is 6.92 Å². The van der Waals surface area contributed by atoms with Gasteiger partial charge in [-0.1, -0.05) is 0 Å². The number of rotatable bonds is 10. The van der Waals surface area contributed by atoms with Crippen LogP contribution in [0.1, 0.15) is 64.6 Å². The maximum atomic E-state index is 13.6. The molecule has 0 radical (unpaired) electrons. The first-order chi connectivity index (χ1) is 19.1. The van der Waals surface area contributed by atoms with Gasteiger partial charge in [0.15, 0.2) is 5.82 Å². The molecule has 1 aliphatic carbocycles. The van der Waals surface area contributed by atoms with E-state index in [1.807, 2.05) is 13.8 Å². The minimum absolute atomic E-state index is 0.0531. The lowest BCUT2D eigenvalue weighted by Crippen LogP contribution is -2.41. The van der Waals surface area contributed by atoms with Crippen LogP contribution in [-0.2, 0) is 10.0 Å². The van der Waals surface area contributed by atoms with Crippen molar-refractivity contribution in [2.75, 3.05) is 24.6 Å². The standard InChI is InChI=1S/C27H40F2N8O3S/c1-17(2)37-24(34-26(30-5)33-20-9-11-21(12-10-20)36(6)7)18(3)32-23(25(37)38)19-8-13-22(31-16-19)35-41(39,40)15-14-27(4,28)29/h8,13,16-17,20-21H,5,9-12,14-15H2,1-4,6-7H3,(H,31,35)(H,33,34)/t20-,21-. The molecule has 2 N–H and O–H groups in total. The van der Waals surface area contributed by atoms with Gasteiger partial charge in [-0.3, -0.25) is 14.1 Å². The smallest absolute Gasteiger partial charge is 0.279 e. The average Bonchev–Trinajstić information content (AvgIpc) is 2.89. The molecule has 0 amide bonds. The van der Waals surface area contributed by atoms with Crippen molar-refractivity contribution in [1.82, 2.24) is 24.8 Å². The van der Waals surface area contributed by atoms with Gasteiger partial charge >= 0.3 is 0 Å². The van der Waals surface area contributed by atoms with Gasteiger partial charge in [0.2, 0.25) is 21.9 Å². The summed E-state index contributed by atoms with van der Waals surface area (Å²) in [6, 6.07) is 3.33. The third kappa shape index (κ3) is 8.86. The maximum absolute atomic E-state index is 13.6. The Morgan fingerprint density at radius 2 is 1.90 bits per heavy atom. The number of pyridine rings is 1. The summed E-state index contributed by atoms with van der Waals surface area (Å²) in [5.41, 5.74) is 0.562. The van der Waals surface area contributed by atoms with E-state index in [1.165, 1.54) is 22.9 Å². The van der Waals surface area contributed by atoms with Crippen molar-refractivity contribution in [3.63, 3.8) is 0 Å². The molecule has 0 unspecified atom stereocenters. The maximum Gasteiger partial charge on any atom is 0.279 e. The number of nitrogens with one attached hydrogen (secondary N) is 2. The van der Waals surface area contributed by atoms with Crippen LogP contribution in [0.25, 0.3) is 11.3 Å². The number of hydrogen-bond acceptors (Lipinski definition) is 7.